The van der Waals surface area contributed by atoms with Crippen LogP contribution in [0.5, 0.6) is 69.0 Å². The van der Waals surface area contributed by atoms with E-state index in [-0.39, 0.29) is 33.0 Å². The zero-order valence-corrected chi connectivity index (χ0v) is 81.2. The van der Waals surface area contributed by atoms with Gasteiger partial charge < -0.3 is 56.2 Å². The van der Waals surface area contributed by atoms with Crippen LogP contribution in [0.15, 0.2) is 438 Å². The Morgan fingerprint density at radius 3 is 0.650 bits per heavy atom. The molecule has 0 saturated carbocycles. The van der Waals surface area contributed by atoms with Crippen molar-refractivity contribution < 1.29 is 69.9 Å². The van der Waals surface area contributed by atoms with Gasteiger partial charge in [0.05, 0.1) is 31.8 Å². The smallest absolute Gasteiger partial charge is 0.311 e. The maximum Gasteiger partial charge on any atom is 0.311 e. The number of rotatable bonds is 36. The molecule has 18 aromatic rings. The summed E-state index contributed by atoms with van der Waals surface area (Å²) >= 11 is 0. The molecule has 0 radical (unpaired) electrons. The molecule has 0 amide bonds. The SMILES string of the molecule is C=Cc1ccc(COc2ccc(OCc3ccc(COc4ccc(C(C)(c5ccc(OCc6ccc(COc7ccc(OCc8ccc(C=C)cc8)c(P8(=O)Oc9ccccc9-c9ccccc98)c7)cc6)cc5)c5ccc(OCc6ccc(COc7ccc(OCc8ccc(C=C)cc8)c(P8(=O)Oc9ccccc9-c9ccccc98)c7)cc6)cc5)cc4)cc3)c(P3(=O)Oc4ccccc4-c4ccccc43)c2)cc1. The van der Waals surface area contributed by atoms with Crippen LogP contribution in [0.4, 0.5) is 0 Å². The van der Waals surface area contributed by atoms with Gasteiger partial charge in [0.25, 0.3) is 0 Å². The standard InChI is InChI=1S/C125H99O15P3/c1-5-86-32-38-89(39-33-86)80-132-104-68-73-118(124(74-104)143(128)121-31-19-13-25-112(121)109-22-10-16-28-115(109)140-143)137-85-97-54-52-92(53-55-97)79-131-103-66-60-100(61-67-103)125(4,98-56-62-101(63-57-98)129-77-90-44-48-93(49-45-90)81-133-105-69-71-116(135-83-95-40-34-87(6-2)35-41-95)122(75-105)141(126)119-29-17-11-23-110(119)107-20-8-14-26-113(107)138-141)99-58-64-102(65-59-99)130-78-91-46-50-94(51-47-91)82-134-106-70-72-117(136-84-96-42-36-88(7-3)37-43-96)123(76-106)142(127)120-30-18-12-24-111(120)108-21-9-15-27-114(108)139-142/h5-76H,1-3,77-85H2,4H3. The maximum absolute atomic E-state index is 15.8. The number of hydrogen-bond acceptors (Lipinski definition) is 15. The second-order valence-electron chi connectivity index (χ2n) is 35.4. The first-order chi connectivity index (χ1) is 70.1. The van der Waals surface area contributed by atoms with Gasteiger partial charge in [0.15, 0.2) is 0 Å². The van der Waals surface area contributed by atoms with E-state index in [2.05, 4.69) is 63.1 Å². The lowest BCUT2D eigenvalue weighted by Gasteiger charge is -2.32. The fraction of sp³-hybridized carbons (Fsp3) is 0.0880. The molecule has 704 valence electrons. The maximum atomic E-state index is 15.8. The molecule has 3 aliphatic rings. The predicted octanol–water partition coefficient (Wildman–Crippen LogP) is 28.0. The van der Waals surface area contributed by atoms with E-state index < -0.39 is 27.5 Å². The molecule has 0 spiro atoms. The van der Waals surface area contributed by atoms with Crippen molar-refractivity contribution >= 4 is 72.2 Å². The van der Waals surface area contributed by atoms with Crippen LogP contribution >= 0.6 is 22.1 Å². The summed E-state index contributed by atoms with van der Waals surface area (Å²) in [6.45, 7) is 16.3. The van der Waals surface area contributed by atoms with Crippen LogP contribution in [0.25, 0.3) is 51.6 Å². The van der Waals surface area contributed by atoms with Crippen molar-refractivity contribution in [1.29, 1.82) is 0 Å². The molecule has 18 heteroatoms. The Morgan fingerprint density at radius 1 is 0.217 bits per heavy atom. The molecular formula is C125H99O15P3. The van der Waals surface area contributed by atoms with Crippen molar-refractivity contribution in [1.82, 2.24) is 0 Å². The van der Waals surface area contributed by atoms with Crippen LogP contribution in [0.3, 0.4) is 0 Å². The molecule has 3 heterocycles. The molecule has 15 nitrogen and oxygen atoms in total. The Bertz CT molecular complexity index is 7580. The minimum atomic E-state index is -3.82. The summed E-state index contributed by atoms with van der Waals surface area (Å²) in [5, 5.41) is 2.97. The lowest BCUT2D eigenvalue weighted by Crippen LogP contribution is -2.26. The van der Waals surface area contributed by atoms with E-state index in [1.807, 2.05) is 364 Å². The molecule has 18 aromatic carbocycles. The van der Waals surface area contributed by atoms with E-state index >= 15 is 13.7 Å². The molecule has 21 rings (SSSR count). The second-order valence-corrected chi connectivity index (χ2v) is 42.2. The summed E-state index contributed by atoms with van der Waals surface area (Å²) in [5.74, 6) is 6.51. The average molecular weight is 1930 g/mol. The predicted molar refractivity (Wildman–Crippen MR) is 570 cm³/mol. The highest BCUT2D eigenvalue weighted by Crippen LogP contribution is 2.59. The topological polar surface area (TPSA) is 162 Å². The summed E-state index contributed by atoms with van der Waals surface area (Å²) in [6.07, 6.45) is 5.40. The lowest BCUT2D eigenvalue weighted by atomic mass is 9.71. The van der Waals surface area contributed by atoms with Crippen molar-refractivity contribution in [2.75, 3.05) is 0 Å². The monoisotopic (exact) mass is 1930 g/mol. The van der Waals surface area contributed by atoms with E-state index in [0.717, 1.165) is 117 Å². The summed E-state index contributed by atoms with van der Waals surface area (Å²) < 4.78 is 126. The van der Waals surface area contributed by atoms with Crippen LogP contribution in [0.2, 0.25) is 0 Å². The highest BCUT2D eigenvalue weighted by Gasteiger charge is 2.44. The van der Waals surface area contributed by atoms with Crippen LogP contribution in [-0.4, -0.2) is 0 Å². The van der Waals surface area contributed by atoms with Crippen LogP contribution < -0.4 is 88.0 Å². The van der Waals surface area contributed by atoms with Gasteiger partial charge >= 0.3 is 22.1 Å². The number of hydrogen-bond donors (Lipinski definition) is 0. The fourth-order valence-corrected chi connectivity index (χ4v) is 25.4. The Kier molecular flexibility index (Phi) is 26.7. The van der Waals surface area contributed by atoms with Crippen LogP contribution in [0, 0.1) is 0 Å². The lowest BCUT2D eigenvalue weighted by molar-refractivity contribution is 0.298. The van der Waals surface area contributed by atoms with E-state index in [9.17, 15) is 0 Å². The van der Waals surface area contributed by atoms with E-state index in [4.69, 9.17) is 56.2 Å². The quantitative estimate of drug-likeness (QED) is 0.0269. The van der Waals surface area contributed by atoms with Crippen molar-refractivity contribution in [3.05, 3.63) is 522 Å². The Morgan fingerprint density at radius 2 is 0.413 bits per heavy atom. The van der Waals surface area contributed by atoms with Gasteiger partial charge in [-0.2, -0.15) is 0 Å². The van der Waals surface area contributed by atoms with Gasteiger partial charge in [-0.1, -0.05) is 329 Å². The fourth-order valence-electron chi connectivity index (χ4n) is 18.2. The molecule has 0 aliphatic carbocycles. The normalized spacial score (nSPS) is 15.3. The average Bonchev–Trinajstić information content (AvgIpc) is 0.735. The number of para-hydroxylation sites is 3. The molecule has 0 saturated heterocycles. The van der Waals surface area contributed by atoms with E-state index in [1.54, 1.807) is 36.4 Å². The number of fused-ring (bicyclic) bond motifs is 9. The zero-order chi connectivity index (χ0) is 97.3. The molecule has 143 heavy (non-hydrogen) atoms. The zero-order valence-electron chi connectivity index (χ0n) is 78.5. The van der Waals surface area contributed by atoms with E-state index in [0.29, 0.717) is 127 Å². The molecular weight excluding hydrogens is 1830 g/mol. The summed E-state index contributed by atoms with van der Waals surface area (Å²) in [6, 6.07) is 136. The van der Waals surface area contributed by atoms with Crippen molar-refractivity contribution in [3.8, 4) is 102 Å². The minimum absolute atomic E-state index is 0.182. The highest BCUT2D eigenvalue weighted by atomic mass is 31.2. The van der Waals surface area contributed by atoms with Crippen molar-refractivity contribution in [2.45, 2.75) is 71.8 Å². The number of ether oxygens (including phenoxy) is 9. The van der Waals surface area contributed by atoms with Crippen LogP contribution in [-0.2, 0) is 78.6 Å². The van der Waals surface area contributed by atoms with E-state index in [1.165, 1.54) is 0 Å². The first-order valence-electron chi connectivity index (χ1n) is 47.3. The summed E-state index contributed by atoms with van der Waals surface area (Å²) in [5.41, 5.74) is 19.0. The van der Waals surface area contributed by atoms with Gasteiger partial charge in [-0.15, -0.1) is 0 Å². The summed E-state index contributed by atoms with van der Waals surface area (Å²) in [7, 11) is -11.4. The van der Waals surface area contributed by atoms with Crippen molar-refractivity contribution in [2.24, 2.45) is 0 Å². The van der Waals surface area contributed by atoms with Gasteiger partial charge in [-0.3, -0.25) is 13.7 Å². The van der Waals surface area contributed by atoms with Gasteiger partial charge in [0.2, 0.25) is 0 Å². The van der Waals surface area contributed by atoms with Gasteiger partial charge in [-0.25, -0.2) is 0 Å². The molecule has 0 bridgehead atoms. The van der Waals surface area contributed by atoms with Gasteiger partial charge in [0.1, 0.15) is 128 Å². The molecule has 0 N–H and O–H groups in total. The molecule has 3 aliphatic heterocycles. The highest BCUT2D eigenvalue weighted by molar-refractivity contribution is 7.76. The Labute approximate surface area is 832 Å². The number of benzene rings is 18. The van der Waals surface area contributed by atoms with Gasteiger partial charge in [0, 0.05) is 22.1 Å². The van der Waals surface area contributed by atoms with Gasteiger partial charge in [-0.05, 0) is 234 Å². The third-order valence-electron chi connectivity index (χ3n) is 26.2. The Hall–Kier alpha value is -16.5. The minimum Gasteiger partial charge on any atom is -0.489 e. The third kappa shape index (κ3) is 19.8. The Balaban J connectivity index is 0.498. The first-order valence-corrected chi connectivity index (χ1v) is 52.2. The first kappa shape index (κ1) is 92.8. The van der Waals surface area contributed by atoms with Crippen molar-refractivity contribution in [3.63, 3.8) is 0 Å². The molecule has 0 fully saturated rings. The molecule has 0 aromatic heterocycles. The molecule has 3 unspecified atom stereocenters. The largest absolute Gasteiger partial charge is 0.489 e. The second kappa shape index (κ2) is 41.1. The summed E-state index contributed by atoms with van der Waals surface area (Å²) in [4.78, 5) is 0. The van der Waals surface area contributed by atoms with Crippen LogP contribution in [0.1, 0.15) is 90.4 Å². The molecule has 3 atom stereocenters. The third-order valence-corrected chi connectivity index (χ3v) is 33.6.